The van der Waals surface area contributed by atoms with E-state index >= 15 is 0 Å². The van der Waals surface area contributed by atoms with Gasteiger partial charge in [-0.1, -0.05) is 0 Å². The maximum Gasteiger partial charge on any atom is 0.354 e. The molecule has 0 spiro atoms. The summed E-state index contributed by atoms with van der Waals surface area (Å²) < 4.78 is 0. The zero-order chi connectivity index (χ0) is 13.5. The Labute approximate surface area is 103 Å². The molecule has 96 valence electrons. The van der Waals surface area contributed by atoms with Gasteiger partial charge in [-0.05, 0) is 19.1 Å². The number of nitrogens with one attached hydrogen (secondary N) is 2. The number of carbonyl (C=O) groups excluding carboxylic acids is 2. The molecule has 7 heteroatoms. The number of nitrogens with zero attached hydrogens (tertiary/aromatic N) is 1. The van der Waals surface area contributed by atoms with E-state index in [9.17, 15) is 14.4 Å². The van der Waals surface area contributed by atoms with E-state index in [1.165, 1.54) is 12.1 Å². The third-order valence-corrected chi connectivity index (χ3v) is 2.03. The summed E-state index contributed by atoms with van der Waals surface area (Å²) in [4.78, 5) is 36.8. The molecule has 1 aromatic rings. The van der Waals surface area contributed by atoms with Crippen molar-refractivity contribution in [3.05, 3.63) is 29.6 Å². The fraction of sp³-hybridized carbons (Fsp3) is 0.273. The molecule has 0 saturated carbocycles. The highest BCUT2D eigenvalue weighted by atomic mass is 16.4. The molecule has 1 heterocycles. The second-order valence-corrected chi connectivity index (χ2v) is 3.37. The van der Waals surface area contributed by atoms with Crippen LogP contribution in [0.5, 0.6) is 0 Å². The SMILES string of the molecule is CCNC(=O)CNC(=O)c1ccc(C(=O)O)nc1. The third kappa shape index (κ3) is 3.85. The fourth-order valence-electron chi connectivity index (χ4n) is 1.18. The van der Waals surface area contributed by atoms with E-state index in [0.29, 0.717) is 6.54 Å². The van der Waals surface area contributed by atoms with Gasteiger partial charge in [-0.3, -0.25) is 9.59 Å². The van der Waals surface area contributed by atoms with Crippen molar-refractivity contribution in [2.75, 3.05) is 13.1 Å². The number of rotatable bonds is 5. The van der Waals surface area contributed by atoms with Gasteiger partial charge in [0.25, 0.3) is 5.91 Å². The second kappa shape index (κ2) is 6.33. The standard InChI is InChI=1S/C11H13N3O4/c1-2-12-9(15)6-14-10(16)7-3-4-8(11(17)18)13-5-7/h3-5H,2,6H2,1H3,(H,12,15)(H,14,16)(H,17,18). The van der Waals surface area contributed by atoms with Crippen LogP contribution >= 0.6 is 0 Å². The molecule has 2 amide bonds. The molecule has 0 unspecified atom stereocenters. The van der Waals surface area contributed by atoms with Crippen LogP contribution in [0.25, 0.3) is 0 Å². The largest absolute Gasteiger partial charge is 0.477 e. The maximum atomic E-state index is 11.6. The van der Waals surface area contributed by atoms with Crippen molar-refractivity contribution in [2.45, 2.75) is 6.92 Å². The van der Waals surface area contributed by atoms with Crippen LogP contribution in [0.4, 0.5) is 0 Å². The van der Waals surface area contributed by atoms with Gasteiger partial charge in [-0.2, -0.15) is 0 Å². The van der Waals surface area contributed by atoms with Crippen molar-refractivity contribution in [2.24, 2.45) is 0 Å². The molecule has 0 aliphatic heterocycles. The Morgan fingerprint density at radius 2 is 2.00 bits per heavy atom. The lowest BCUT2D eigenvalue weighted by Crippen LogP contribution is -2.36. The van der Waals surface area contributed by atoms with E-state index in [4.69, 9.17) is 5.11 Å². The van der Waals surface area contributed by atoms with Gasteiger partial charge in [0.15, 0.2) is 0 Å². The average molecular weight is 251 g/mol. The normalized spacial score (nSPS) is 9.61. The first kappa shape index (κ1) is 13.6. The van der Waals surface area contributed by atoms with Crippen molar-refractivity contribution in [3.63, 3.8) is 0 Å². The van der Waals surface area contributed by atoms with E-state index in [1.54, 1.807) is 6.92 Å². The number of aromatic carboxylic acids is 1. The first-order chi connectivity index (χ1) is 8.54. The number of aromatic nitrogens is 1. The molecule has 0 aliphatic carbocycles. The molecule has 0 radical (unpaired) electrons. The lowest BCUT2D eigenvalue weighted by atomic mass is 10.2. The van der Waals surface area contributed by atoms with Crippen LogP contribution in [0, 0.1) is 0 Å². The molecular weight excluding hydrogens is 238 g/mol. The summed E-state index contributed by atoms with van der Waals surface area (Å²) in [6, 6.07) is 2.56. The molecule has 1 rings (SSSR count). The minimum atomic E-state index is -1.16. The number of likely N-dealkylation sites (N-methyl/N-ethyl adjacent to an activating group) is 1. The number of hydrogen-bond donors (Lipinski definition) is 3. The second-order valence-electron chi connectivity index (χ2n) is 3.37. The zero-order valence-corrected chi connectivity index (χ0v) is 9.77. The number of hydrogen-bond acceptors (Lipinski definition) is 4. The molecule has 3 N–H and O–H groups in total. The predicted octanol–water partition coefficient (Wildman–Crippen LogP) is -0.354. The molecule has 0 fully saturated rings. The molecule has 1 aromatic heterocycles. The van der Waals surface area contributed by atoms with E-state index in [2.05, 4.69) is 15.6 Å². The van der Waals surface area contributed by atoms with Gasteiger partial charge in [0.1, 0.15) is 5.69 Å². The van der Waals surface area contributed by atoms with Gasteiger partial charge >= 0.3 is 5.97 Å². The van der Waals surface area contributed by atoms with Gasteiger partial charge in [0.05, 0.1) is 12.1 Å². The summed E-state index contributed by atoms with van der Waals surface area (Å²) in [7, 11) is 0. The quantitative estimate of drug-likeness (QED) is 0.662. The number of carboxylic acids is 1. The van der Waals surface area contributed by atoms with Gasteiger partial charge < -0.3 is 15.7 Å². The Hall–Kier alpha value is -2.44. The van der Waals surface area contributed by atoms with E-state index < -0.39 is 11.9 Å². The Kier molecular flexibility index (Phi) is 4.79. The van der Waals surface area contributed by atoms with Crippen molar-refractivity contribution in [3.8, 4) is 0 Å². The number of pyridine rings is 1. The summed E-state index contributed by atoms with van der Waals surface area (Å²) >= 11 is 0. The summed E-state index contributed by atoms with van der Waals surface area (Å²) in [5.74, 6) is -1.93. The van der Waals surface area contributed by atoms with Gasteiger partial charge in [0.2, 0.25) is 5.91 Å². The first-order valence-corrected chi connectivity index (χ1v) is 5.28. The molecule has 0 aromatic carbocycles. The van der Waals surface area contributed by atoms with Crippen molar-refractivity contribution < 1.29 is 19.5 Å². The van der Waals surface area contributed by atoms with E-state index in [0.717, 1.165) is 6.20 Å². The Balaban J connectivity index is 2.56. The third-order valence-electron chi connectivity index (χ3n) is 2.03. The van der Waals surface area contributed by atoms with E-state index in [1.807, 2.05) is 0 Å². The Morgan fingerprint density at radius 1 is 1.28 bits per heavy atom. The van der Waals surface area contributed by atoms with Crippen LogP contribution < -0.4 is 10.6 Å². The fourth-order valence-corrected chi connectivity index (χ4v) is 1.18. The summed E-state index contributed by atoms with van der Waals surface area (Å²) in [6.07, 6.45) is 1.15. The minimum Gasteiger partial charge on any atom is -0.477 e. The molecule has 18 heavy (non-hydrogen) atoms. The van der Waals surface area contributed by atoms with E-state index in [-0.39, 0.29) is 23.7 Å². The van der Waals surface area contributed by atoms with Crippen molar-refractivity contribution in [1.82, 2.24) is 15.6 Å². The van der Waals surface area contributed by atoms with Gasteiger partial charge in [-0.25, -0.2) is 9.78 Å². The Bertz CT molecular complexity index is 456. The number of carbonyl (C=O) groups is 3. The van der Waals surface area contributed by atoms with Crippen molar-refractivity contribution in [1.29, 1.82) is 0 Å². The highest BCUT2D eigenvalue weighted by Gasteiger charge is 2.09. The summed E-state index contributed by atoms with van der Waals surface area (Å²) in [6.45, 7) is 2.13. The number of carboxylic acid groups (broad SMARTS) is 1. The van der Waals surface area contributed by atoms with Crippen molar-refractivity contribution >= 4 is 17.8 Å². The molecular formula is C11H13N3O4. The lowest BCUT2D eigenvalue weighted by molar-refractivity contribution is -0.120. The predicted molar refractivity (Wildman–Crippen MR) is 62.2 cm³/mol. The molecule has 0 saturated heterocycles. The zero-order valence-electron chi connectivity index (χ0n) is 9.77. The van der Waals surface area contributed by atoms with Gasteiger partial charge in [0, 0.05) is 12.7 Å². The smallest absolute Gasteiger partial charge is 0.354 e. The minimum absolute atomic E-state index is 0.132. The first-order valence-electron chi connectivity index (χ1n) is 5.28. The number of amides is 2. The monoisotopic (exact) mass is 251 g/mol. The lowest BCUT2D eigenvalue weighted by Gasteiger charge is -2.05. The van der Waals surface area contributed by atoms with Crippen LogP contribution in [0.2, 0.25) is 0 Å². The summed E-state index contributed by atoms with van der Waals surface area (Å²) in [5.41, 5.74) is 0.0552. The molecule has 7 nitrogen and oxygen atoms in total. The van der Waals surface area contributed by atoms with Gasteiger partial charge in [-0.15, -0.1) is 0 Å². The maximum absolute atomic E-state index is 11.6. The van der Waals surface area contributed by atoms with Crippen LogP contribution in [-0.4, -0.2) is 41.0 Å². The molecule has 0 aliphatic rings. The average Bonchev–Trinajstić information content (AvgIpc) is 2.36. The van der Waals surface area contributed by atoms with Crippen LogP contribution in [0.15, 0.2) is 18.3 Å². The van der Waals surface area contributed by atoms with Crippen LogP contribution in [0.1, 0.15) is 27.8 Å². The van der Waals surface area contributed by atoms with Crippen LogP contribution in [-0.2, 0) is 4.79 Å². The highest BCUT2D eigenvalue weighted by Crippen LogP contribution is 2.00. The van der Waals surface area contributed by atoms with Crippen LogP contribution in [0.3, 0.4) is 0 Å². The Morgan fingerprint density at radius 3 is 2.50 bits per heavy atom. The topological polar surface area (TPSA) is 108 Å². The highest BCUT2D eigenvalue weighted by molar-refractivity contribution is 5.96. The summed E-state index contributed by atoms with van der Waals surface area (Å²) in [5, 5.41) is 13.6. The molecule has 0 bridgehead atoms. The molecule has 0 atom stereocenters.